The number of nitrogens with one attached hydrogen (secondary N) is 1. The number of hydrogen-bond acceptors (Lipinski definition) is 2. The fourth-order valence-electron chi connectivity index (χ4n) is 2.60. The van der Waals surface area contributed by atoms with Crippen molar-refractivity contribution in [1.82, 2.24) is 4.98 Å². The van der Waals surface area contributed by atoms with Gasteiger partial charge in [0.05, 0.1) is 0 Å². The van der Waals surface area contributed by atoms with Crippen molar-refractivity contribution in [2.24, 2.45) is 5.92 Å². The highest BCUT2D eigenvalue weighted by Gasteiger charge is 2.27. The average molecular weight is 252 g/mol. The van der Waals surface area contributed by atoms with Gasteiger partial charge in [-0.1, -0.05) is 29.8 Å². The molecular weight excluding hydrogens is 236 g/mol. The SMILES string of the molecule is Cc1ccc2c(c1)C[C@H](C(=O)Nc1ccccn1)C2. The molecule has 0 fully saturated rings. The number of fused-ring (bicyclic) bond motifs is 1. The molecule has 0 radical (unpaired) electrons. The monoisotopic (exact) mass is 252 g/mol. The summed E-state index contributed by atoms with van der Waals surface area (Å²) in [5.41, 5.74) is 3.86. The van der Waals surface area contributed by atoms with Crippen molar-refractivity contribution in [3.8, 4) is 0 Å². The van der Waals surface area contributed by atoms with Crippen molar-refractivity contribution in [3.63, 3.8) is 0 Å². The Bertz CT molecular complexity index is 607. The summed E-state index contributed by atoms with van der Waals surface area (Å²) < 4.78 is 0. The van der Waals surface area contributed by atoms with Gasteiger partial charge in [0.25, 0.3) is 0 Å². The van der Waals surface area contributed by atoms with Crippen LogP contribution in [-0.4, -0.2) is 10.9 Å². The molecule has 3 nitrogen and oxygen atoms in total. The van der Waals surface area contributed by atoms with Crippen LogP contribution in [0.5, 0.6) is 0 Å². The van der Waals surface area contributed by atoms with Gasteiger partial charge in [-0.3, -0.25) is 4.79 Å². The molecule has 19 heavy (non-hydrogen) atoms. The van der Waals surface area contributed by atoms with E-state index in [-0.39, 0.29) is 11.8 Å². The lowest BCUT2D eigenvalue weighted by atomic mass is 10.1. The summed E-state index contributed by atoms with van der Waals surface area (Å²) in [5, 5.41) is 2.88. The van der Waals surface area contributed by atoms with Gasteiger partial charge in [-0.2, -0.15) is 0 Å². The van der Waals surface area contributed by atoms with Gasteiger partial charge >= 0.3 is 0 Å². The van der Waals surface area contributed by atoms with Gasteiger partial charge in [0, 0.05) is 12.1 Å². The molecular formula is C16H16N2O. The molecule has 1 atom stereocenters. The molecule has 0 aliphatic heterocycles. The number of carbonyl (C=O) groups excluding carboxylic acids is 1. The molecule has 0 saturated heterocycles. The van der Waals surface area contributed by atoms with Gasteiger partial charge in [0.15, 0.2) is 0 Å². The van der Waals surface area contributed by atoms with Crippen molar-refractivity contribution in [3.05, 3.63) is 59.3 Å². The predicted octanol–water partition coefficient (Wildman–Crippen LogP) is 2.74. The van der Waals surface area contributed by atoms with Crippen LogP contribution in [0.2, 0.25) is 0 Å². The Labute approximate surface area is 112 Å². The Balaban J connectivity index is 1.71. The number of rotatable bonds is 2. The highest BCUT2D eigenvalue weighted by molar-refractivity contribution is 5.92. The van der Waals surface area contributed by atoms with E-state index in [1.165, 1.54) is 16.7 Å². The maximum atomic E-state index is 12.2. The summed E-state index contributed by atoms with van der Waals surface area (Å²) in [4.78, 5) is 16.3. The second-order valence-corrected chi connectivity index (χ2v) is 5.08. The van der Waals surface area contributed by atoms with Crippen LogP contribution in [0, 0.1) is 12.8 Å². The van der Waals surface area contributed by atoms with Gasteiger partial charge < -0.3 is 5.32 Å². The van der Waals surface area contributed by atoms with Crippen molar-refractivity contribution < 1.29 is 4.79 Å². The molecule has 0 spiro atoms. The molecule has 96 valence electrons. The largest absolute Gasteiger partial charge is 0.310 e. The fourth-order valence-corrected chi connectivity index (χ4v) is 2.60. The summed E-state index contributed by atoms with van der Waals surface area (Å²) in [5.74, 6) is 0.714. The highest BCUT2D eigenvalue weighted by atomic mass is 16.1. The molecule has 0 unspecified atom stereocenters. The normalized spacial score (nSPS) is 17.0. The summed E-state index contributed by atoms with van der Waals surface area (Å²) >= 11 is 0. The standard InChI is InChI=1S/C16H16N2O/c1-11-5-6-12-9-14(10-13(12)8-11)16(19)18-15-4-2-3-7-17-15/h2-8,14H,9-10H2,1H3,(H,17,18,19)/t14-/m1/s1. The molecule has 2 aromatic rings. The summed E-state index contributed by atoms with van der Waals surface area (Å²) in [7, 11) is 0. The van der Waals surface area contributed by atoms with Crippen LogP contribution in [0.4, 0.5) is 5.82 Å². The number of aromatic nitrogens is 1. The Morgan fingerprint density at radius 2 is 2.05 bits per heavy atom. The van der Waals surface area contributed by atoms with Crippen LogP contribution in [0.1, 0.15) is 16.7 Å². The summed E-state index contributed by atoms with van der Waals surface area (Å²) in [6, 6.07) is 11.9. The predicted molar refractivity (Wildman–Crippen MR) is 74.9 cm³/mol. The van der Waals surface area contributed by atoms with Gasteiger partial charge in [0.2, 0.25) is 5.91 Å². The van der Waals surface area contributed by atoms with Crippen LogP contribution in [-0.2, 0) is 17.6 Å². The van der Waals surface area contributed by atoms with E-state index in [1.807, 2.05) is 18.2 Å². The first-order chi connectivity index (χ1) is 9.22. The number of hydrogen-bond donors (Lipinski definition) is 1. The van der Waals surface area contributed by atoms with Crippen molar-refractivity contribution in [2.45, 2.75) is 19.8 Å². The quantitative estimate of drug-likeness (QED) is 0.893. The maximum absolute atomic E-state index is 12.2. The molecule has 1 aliphatic carbocycles. The molecule has 1 aromatic carbocycles. The van der Waals surface area contributed by atoms with Gasteiger partial charge in [-0.15, -0.1) is 0 Å². The lowest BCUT2D eigenvalue weighted by Crippen LogP contribution is -2.23. The van der Waals surface area contributed by atoms with E-state index in [0.29, 0.717) is 5.82 Å². The van der Waals surface area contributed by atoms with Crippen LogP contribution in [0.15, 0.2) is 42.6 Å². The third-order valence-corrected chi connectivity index (χ3v) is 3.58. The number of carbonyl (C=O) groups is 1. The average Bonchev–Trinajstić information content (AvgIpc) is 2.83. The summed E-state index contributed by atoms with van der Waals surface area (Å²) in [6.45, 7) is 2.08. The molecule has 1 N–H and O–H groups in total. The van der Waals surface area contributed by atoms with Gasteiger partial charge in [-0.05, 0) is 43.0 Å². The van der Waals surface area contributed by atoms with Crippen LogP contribution in [0.3, 0.4) is 0 Å². The molecule has 1 aromatic heterocycles. The minimum absolute atomic E-state index is 0.0267. The Hall–Kier alpha value is -2.16. The number of nitrogens with zero attached hydrogens (tertiary/aromatic N) is 1. The third kappa shape index (κ3) is 2.50. The van der Waals surface area contributed by atoms with E-state index in [0.717, 1.165) is 12.8 Å². The number of aryl methyl sites for hydroxylation is 1. The lowest BCUT2D eigenvalue weighted by Gasteiger charge is -2.09. The highest BCUT2D eigenvalue weighted by Crippen LogP contribution is 2.28. The molecule has 3 heteroatoms. The molecule has 0 bridgehead atoms. The first kappa shape index (κ1) is 11.9. The fraction of sp³-hybridized carbons (Fsp3) is 0.250. The zero-order chi connectivity index (χ0) is 13.2. The van der Waals surface area contributed by atoms with E-state index in [2.05, 4.69) is 35.4 Å². The van der Waals surface area contributed by atoms with Gasteiger partial charge in [-0.25, -0.2) is 4.98 Å². The minimum atomic E-state index is 0.0267. The molecule has 1 heterocycles. The van der Waals surface area contributed by atoms with Gasteiger partial charge in [0.1, 0.15) is 5.82 Å². The van der Waals surface area contributed by atoms with Crippen LogP contribution >= 0.6 is 0 Å². The number of amides is 1. The third-order valence-electron chi connectivity index (χ3n) is 3.58. The second kappa shape index (κ2) is 4.84. The van der Waals surface area contributed by atoms with Crippen LogP contribution < -0.4 is 5.32 Å². The first-order valence-electron chi connectivity index (χ1n) is 6.52. The van der Waals surface area contributed by atoms with Crippen molar-refractivity contribution in [1.29, 1.82) is 0 Å². The smallest absolute Gasteiger partial charge is 0.229 e. The number of benzene rings is 1. The molecule has 3 rings (SSSR count). The van der Waals surface area contributed by atoms with Crippen LogP contribution in [0.25, 0.3) is 0 Å². The van der Waals surface area contributed by atoms with E-state index in [4.69, 9.17) is 0 Å². The molecule has 1 aliphatic rings. The summed E-state index contributed by atoms with van der Waals surface area (Å²) in [6.07, 6.45) is 3.34. The maximum Gasteiger partial charge on any atom is 0.229 e. The zero-order valence-electron chi connectivity index (χ0n) is 10.9. The Morgan fingerprint density at radius 1 is 1.21 bits per heavy atom. The minimum Gasteiger partial charge on any atom is -0.310 e. The van der Waals surface area contributed by atoms with E-state index in [1.54, 1.807) is 6.20 Å². The Morgan fingerprint density at radius 3 is 2.84 bits per heavy atom. The van der Waals surface area contributed by atoms with E-state index < -0.39 is 0 Å². The first-order valence-corrected chi connectivity index (χ1v) is 6.52. The molecule has 0 saturated carbocycles. The second-order valence-electron chi connectivity index (χ2n) is 5.08. The number of anilines is 1. The van der Waals surface area contributed by atoms with E-state index >= 15 is 0 Å². The van der Waals surface area contributed by atoms with E-state index in [9.17, 15) is 4.79 Å². The lowest BCUT2D eigenvalue weighted by molar-refractivity contribution is -0.119. The number of pyridine rings is 1. The zero-order valence-corrected chi connectivity index (χ0v) is 10.9. The molecule has 1 amide bonds. The van der Waals surface area contributed by atoms with Crippen molar-refractivity contribution in [2.75, 3.05) is 5.32 Å². The Kier molecular flexibility index (Phi) is 3.03. The topological polar surface area (TPSA) is 42.0 Å². The van der Waals surface area contributed by atoms with Crippen molar-refractivity contribution >= 4 is 11.7 Å².